The van der Waals surface area contributed by atoms with E-state index in [-0.39, 0.29) is 24.3 Å². The van der Waals surface area contributed by atoms with Crippen LogP contribution >= 0.6 is 27.3 Å². The lowest BCUT2D eigenvalue weighted by Gasteiger charge is -2.27. The SMILES string of the molecule is CCOc1c(OC)cccc1[C@@H]1C(C(=O)OCCOC)=C(C)N=c2s/c(=C/c3ccc(-c4ccc(Br)cc4)o3)c(=O)n21. The largest absolute Gasteiger partial charge is 0.493 e. The van der Waals surface area contributed by atoms with Crippen LogP contribution in [0.4, 0.5) is 0 Å². The number of ether oxygens (including phenoxy) is 4. The number of aromatic nitrogens is 1. The summed E-state index contributed by atoms with van der Waals surface area (Å²) in [6.45, 7) is 4.23. The van der Waals surface area contributed by atoms with Crippen LogP contribution in [0.1, 0.15) is 31.2 Å². The molecule has 0 saturated heterocycles. The van der Waals surface area contributed by atoms with E-state index < -0.39 is 12.0 Å². The van der Waals surface area contributed by atoms with Crippen LogP contribution in [-0.2, 0) is 14.3 Å². The van der Waals surface area contributed by atoms with E-state index in [0.29, 0.717) is 50.2 Å². The normalized spacial score (nSPS) is 14.9. The number of carbonyl (C=O) groups excluding carboxylic acids is 1. The van der Waals surface area contributed by atoms with Gasteiger partial charge < -0.3 is 23.4 Å². The monoisotopic (exact) mass is 652 g/mol. The number of benzene rings is 2. The zero-order valence-corrected chi connectivity index (χ0v) is 25.9. The van der Waals surface area contributed by atoms with Gasteiger partial charge >= 0.3 is 5.97 Å². The molecule has 0 amide bonds. The first-order valence-electron chi connectivity index (χ1n) is 13.2. The zero-order chi connectivity index (χ0) is 29.8. The molecule has 0 unspecified atom stereocenters. The third kappa shape index (κ3) is 5.85. The van der Waals surface area contributed by atoms with Crippen molar-refractivity contribution >= 4 is 39.3 Å². The molecule has 0 saturated carbocycles. The van der Waals surface area contributed by atoms with Crippen molar-refractivity contribution in [2.75, 3.05) is 34.0 Å². The number of nitrogens with zero attached hydrogens (tertiary/aromatic N) is 2. The molecule has 42 heavy (non-hydrogen) atoms. The number of rotatable bonds is 10. The predicted octanol–water partition coefficient (Wildman–Crippen LogP) is 4.85. The first-order valence-corrected chi connectivity index (χ1v) is 14.8. The number of methoxy groups -OCH3 is 2. The molecule has 2 aromatic heterocycles. The highest BCUT2D eigenvalue weighted by atomic mass is 79.9. The Hall–Kier alpha value is -3.93. The van der Waals surface area contributed by atoms with Gasteiger partial charge in [0.15, 0.2) is 16.3 Å². The Labute approximate surface area is 254 Å². The van der Waals surface area contributed by atoms with Crippen LogP contribution in [0.2, 0.25) is 0 Å². The minimum absolute atomic E-state index is 0.0544. The fourth-order valence-electron chi connectivity index (χ4n) is 4.71. The number of thiazole rings is 1. The van der Waals surface area contributed by atoms with Crippen molar-refractivity contribution < 1.29 is 28.2 Å². The van der Waals surface area contributed by atoms with Crippen molar-refractivity contribution in [2.45, 2.75) is 19.9 Å². The minimum Gasteiger partial charge on any atom is -0.493 e. The molecule has 11 heteroatoms. The smallest absolute Gasteiger partial charge is 0.338 e. The highest BCUT2D eigenvalue weighted by Gasteiger charge is 2.36. The molecule has 0 radical (unpaired) electrons. The predicted molar refractivity (Wildman–Crippen MR) is 163 cm³/mol. The van der Waals surface area contributed by atoms with E-state index >= 15 is 0 Å². The average molecular weight is 654 g/mol. The minimum atomic E-state index is -0.870. The van der Waals surface area contributed by atoms with Crippen molar-refractivity contribution in [3.05, 3.63) is 101 Å². The summed E-state index contributed by atoms with van der Waals surface area (Å²) in [7, 11) is 3.07. The van der Waals surface area contributed by atoms with Crippen LogP contribution < -0.4 is 24.4 Å². The third-order valence-corrected chi connectivity index (χ3v) is 8.12. The van der Waals surface area contributed by atoms with E-state index in [9.17, 15) is 9.59 Å². The number of allylic oxidation sites excluding steroid dienone is 1. The highest BCUT2D eigenvalue weighted by Crippen LogP contribution is 2.40. The van der Waals surface area contributed by atoms with Crippen molar-refractivity contribution in [1.29, 1.82) is 0 Å². The topological polar surface area (TPSA) is 101 Å². The van der Waals surface area contributed by atoms with Gasteiger partial charge in [-0.15, -0.1) is 0 Å². The molecule has 4 aromatic rings. The molecule has 218 valence electrons. The number of furan rings is 1. The first-order chi connectivity index (χ1) is 20.4. The summed E-state index contributed by atoms with van der Waals surface area (Å²) >= 11 is 4.66. The molecule has 0 aliphatic carbocycles. The van der Waals surface area contributed by atoms with E-state index in [0.717, 1.165) is 10.0 Å². The van der Waals surface area contributed by atoms with Crippen molar-refractivity contribution in [3.8, 4) is 22.8 Å². The van der Waals surface area contributed by atoms with Gasteiger partial charge in [-0.2, -0.15) is 0 Å². The second-order valence-electron chi connectivity index (χ2n) is 9.23. The Morgan fingerprint density at radius 2 is 1.90 bits per heavy atom. The zero-order valence-electron chi connectivity index (χ0n) is 23.5. The summed E-state index contributed by atoms with van der Waals surface area (Å²) in [6.07, 6.45) is 1.69. The lowest BCUT2D eigenvalue weighted by Crippen LogP contribution is -2.40. The molecule has 1 aliphatic rings. The molecule has 1 atom stereocenters. The molecule has 0 bridgehead atoms. The quantitative estimate of drug-likeness (QED) is 0.178. The molecule has 5 rings (SSSR count). The van der Waals surface area contributed by atoms with Gasteiger partial charge in [0.25, 0.3) is 5.56 Å². The number of carbonyl (C=O) groups is 1. The van der Waals surface area contributed by atoms with Crippen LogP contribution in [-0.4, -0.2) is 44.6 Å². The maximum atomic E-state index is 14.0. The van der Waals surface area contributed by atoms with Gasteiger partial charge in [0.1, 0.15) is 24.2 Å². The van der Waals surface area contributed by atoms with Gasteiger partial charge in [-0.05, 0) is 44.2 Å². The Morgan fingerprint density at radius 1 is 1.12 bits per heavy atom. The first kappa shape index (κ1) is 29.6. The van der Waals surface area contributed by atoms with Crippen LogP contribution in [0.15, 0.2) is 84.5 Å². The summed E-state index contributed by atoms with van der Waals surface area (Å²) in [5.41, 5.74) is 1.83. The average Bonchev–Trinajstić information content (AvgIpc) is 3.57. The van der Waals surface area contributed by atoms with Gasteiger partial charge in [0.05, 0.1) is 36.1 Å². The number of esters is 1. The van der Waals surface area contributed by atoms with E-state index in [2.05, 4.69) is 20.9 Å². The van der Waals surface area contributed by atoms with Gasteiger partial charge in [0.2, 0.25) is 0 Å². The van der Waals surface area contributed by atoms with E-state index in [1.54, 1.807) is 32.2 Å². The van der Waals surface area contributed by atoms with E-state index in [1.165, 1.54) is 23.0 Å². The number of para-hydroxylation sites is 1. The maximum Gasteiger partial charge on any atom is 0.338 e. The molecular formula is C31H29BrN2O7S. The molecule has 2 aromatic carbocycles. The van der Waals surface area contributed by atoms with Gasteiger partial charge in [-0.25, -0.2) is 9.79 Å². The van der Waals surface area contributed by atoms with Crippen molar-refractivity contribution in [1.82, 2.24) is 4.57 Å². The standard InChI is InChI=1S/C31H29BrN2O7S/c1-5-39-28-22(7-6-8-24(28)38-4)27-26(30(36)40-16-15-37-3)18(2)33-31-34(27)29(35)25(42-31)17-21-13-14-23(41-21)19-9-11-20(32)12-10-19/h6-14,17,27H,5,15-16H2,1-4H3/b25-17+/t27-/m1/s1. The van der Waals surface area contributed by atoms with Crippen molar-refractivity contribution in [3.63, 3.8) is 0 Å². The number of fused-ring (bicyclic) bond motifs is 1. The molecule has 0 fully saturated rings. The van der Waals surface area contributed by atoms with Gasteiger partial charge in [0, 0.05) is 28.8 Å². The Balaban J connectivity index is 1.66. The number of halogens is 1. The fraction of sp³-hybridized carbons (Fsp3) is 0.258. The summed E-state index contributed by atoms with van der Waals surface area (Å²) < 4.78 is 31.1. The van der Waals surface area contributed by atoms with Crippen LogP contribution in [0.3, 0.4) is 0 Å². The lowest BCUT2D eigenvalue weighted by molar-refractivity contribution is -0.140. The molecule has 3 heterocycles. The second kappa shape index (κ2) is 12.9. The van der Waals surface area contributed by atoms with E-state index in [4.69, 9.17) is 23.4 Å². The third-order valence-electron chi connectivity index (χ3n) is 6.60. The number of hydrogen-bond acceptors (Lipinski definition) is 9. The Kier molecular flexibility index (Phi) is 9.10. The molecule has 9 nitrogen and oxygen atoms in total. The summed E-state index contributed by atoms with van der Waals surface area (Å²) in [5, 5.41) is 0. The highest BCUT2D eigenvalue weighted by molar-refractivity contribution is 9.10. The summed E-state index contributed by atoms with van der Waals surface area (Å²) in [4.78, 5) is 32.6. The fourth-order valence-corrected chi connectivity index (χ4v) is 6.00. The maximum absolute atomic E-state index is 14.0. The van der Waals surface area contributed by atoms with Crippen molar-refractivity contribution in [2.24, 2.45) is 4.99 Å². The van der Waals surface area contributed by atoms with Crippen LogP contribution in [0.5, 0.6) is 11.5 Å². The molecule has 0 N–H and O–H groups in total. The van der Waals surface area contributed by atoms with Gasteiger partial charge in [-0.1, -0.05) is 51.5 Å². The van der Waals surface area contributed by atoms with Crippen LogP contribution in [0.25, 0.3) is 17.4 Å². The van der Waals surface area contributed by atoms with Gasteiger partial charge in [-0.3, -0.25) is 9.36 Å². The van der Waals surface area contributed by atoms with E-state index in [1.807, 2.05) is 49.4 Å². The second-order valence-corrected chi connectivity index (χ2v) is 11.2. The summed E-state index contributed by atoms with van der Waals surface area (Å²) in [5.74, 6) is 1.51. The Bertz CT molecular complexity index is 1820. The summed E-state index contributed by atoms with van der Waals surface area (Å²) in [6, 6.07) is 15.9. The molecule has 0 spiro atoms. The molecule has 1 aliphatic heterocycles. The van der Waals surface area contributed by atoms with Crippen LogP contribution in [0, 0.1) is 0 Å². The lowest BCUT2D eigenvalue weighted by atomic mass is 9.94. The number of hydrogen-bond donors (Lipinski definition) is 0. The Morgan fingerprint density at radius 3 is 2.62 bits per heavy atom. The molecular weight excluding hydrogens is 624 g/mol.